The zero-order valence-electron chi connectivity index (χ0n) is 6.97. The molecular formula is C8H2Cl2F2N2O. The predicted octanol–water partition coefficient (Wildman–Crippen LogP) is 2.92. The number of rotatable bonds is 2. The van der Waals surface area contributed by atoms with E-state index in [0.717, 1.165) is 6.07 Å². The number of aromatic nitrogens is 1. The van der Waals surface area contributed by atoms with Crippen LogP contribution in [-0.4, -0.2) is 10.2 Å². The summed E-state index contributed by atoms with van der Waals surface area (Å²) in [6, 6.07) is 2.24. The van der Waals surface area contributed by atoms with Crippen molar-refractivity contribution in [3.8, 4) is 6.07 Å². The molecule has 0 aliphatic carbocycles. The number of hydrogen-bond acceptors (Lipinski definition) is 3. The van der Waals surface area contributed by atoms with Crippen LogP contribution in [0.15, 0.2) is 6.07 Å². The molecule has 0 spiro atoms. The minimum absolute atomic E-state index is 0.407. The summed E-state index contributed by atoms with van der Waals surface area (Å²) >= 11 is 10.5. The van der Waals surface area contributed by atoms with Crippen molar-refractivity contribution in [2.75, 3.05) is 0 Å². The van der Waals surface area contributed by atoms with E-state index in [2.05, 4.69) is 4.98 Å². The minimum atomic E-state index is -2.92. The van der Waals surface area contributed by atoms with Crippen LogP contribution in [0, 0.1) is 11.3 Å². The van der Waals surface area contributed by atoms with Crippen molar-refractivity contribution in [1.82, 2.24) is 4.98 Å². The Morgan fingerprint density at radius 3 is 2.60 bits per heavy atom. The van der Waals surface area contributed by atoms with E-state index >= 15 is 0 Å². The highest BCUT2D eigenvalue weighted by atomic mass is 35.5. The van der Waals surface area contributed by atoms with Crippen molar-refractivity contribution < 1.29 is 13.6 Å². The van der Waals surface area contributed by atoms with Crippen LogP contribution < -0.4 is 0 Å². The zero-order valence-corrected chi connectivity index (χ0v) is 8.48. The number of carbonyl (C=O) groups excluding carboxylic acids is 1. The third-order valence-electron chi connectivity index (χ3n) is 1.55. The molecule has 1 aromatic heterocycles. The third-order valence-corrected chi connectivity index (χ3v) is 2.02. The van der Waals surface area contributed by atoms with Gasteiger partial charge in [0.05, 0.1) is 5.56 Å². The van der Waals surface area contributed by atoms with E-state index in [1.54, 1.807) is 0 Å². The van der Waals surface area contributed by atoms with E-state index < -0.39 is 33.6 Å². The monoisotopic (exact) mass is 250 g/mol. The Bertz CT molecular complexity index is 457. The number of nitrogens with zero attached hydrogens (tertiary/aromatic N) is 2. The first-order valence-electron chi connectivity index (χ1n) is 3.56. The van der Waals surface area contributed by atoms with Gasteiger partial charge in [-0.3, -0.25) is 4.79 Å². The molecule has 3 nitrogen and oxygen atoms in total. The van der Waals surface area contributed by atoms with Gasteiger partial charge in [0.25, 0.3) is 11.7 Å². The Hall–Kier alpha value is -1.25. The van der Waals surface area contributed by atoms with Gasteiger partial charge in [0, 0.05) is 5.56 Å². The zero-order chi connectivity index (χ0) is 11.6. The van der Waals surface area contributed by atoms with Gasteiger partial charge in [0.15, 0.2) is 0 Å². The molecule has 0 amide bonds. The van der Waals surface area contributed by atoms with Crippen LogP contribution >= 0.6 is 23.2 Å². The van der Waals surface area contributed by atoms with Crippen LogP contribution in [0.5, 0.6) is 0 Å². The Morgan fingerprint density at radius 2 is 2.20 bits per heavy atom. The lowest BCUT2D eigenvalue weighted by Crippen LogP contribution is -2.01. The molecule has 0 unspecified atom stereocenters. The summed E-state index contributed by atoms with van der Waals surface area (Å²) in [6.07, 6.45) is -2.92. The molecule has 0 radical (unpaired) electrons. The minimum Gasteiger partial charge on any atom is -0.274 e. The standard InChI is InChI=1S/C8H2Cl2F2N2O/c9-6-4(2-13)3(8(11)12)1-5(14-6)7(10)15/h1,8H. The van der Waals surface area contributed by atoms with Gasteiger partial charge in [0.1, 0.15) is 16.9 Å². The number of pyridine rings is 1. The molecule has 0 fully saturated rings. The van der Waals surface area contributed by atoms with Crippen LogP contribution in [0.4, 0.5) is 8.78 Å². The van der Waals surface area contributed by atoms with E-state index in [0.29, 0.717) is 0 Å². The van der Waals surface area contributed by atoms with Crippen LogP contribution in [0.2, 0.25) is 5.15 Å². The van der Waals surface area contributed by atoms with Crippen molar-refractivity contribution >= 4 is 28.4 Å². The molecule has 0 atom stereocenters. The quantitative estimate of drug-likeness (QED) is 0.599. The fraction of sp³-hybridized carbons (Fsp3) is 0.125. The first-order chi connectivity index (χ1) is 6.97. The molecule has 0 aliphatic rings. The maximum Gasteiger partial charge on any atom is 0.270 e. The largest absolute Gasteiger partial charge is 0.274 e. The highest BCUT2D eigenvalue weighted by molar-refractivity contribution is 6.67. The molecule has 0 saturated carbocycles. The summed E-state index contributed by atoms with van der Waals surface area (Å²) in [5.41, 5.74) is -1.51. The maximum atomic E-state index is 12.4. The average Bonchev–Trinajstić information content (AvgIpc) is 2.16. The van der Waals surface area contributed by atoms with Crippen molar-refractivity contribution in [1.29, 1.82) is 5.26 Å². The molecule has 1 rings (SSSR count). The molecule has 0 N–H and O–H groups in total. The van der Waals surface area contributed by atoms with Gasteiger partial charge in [0.2, 0.25) is 0 Å². The Labute approximate surface area is 93.2 Å². The van der Waals surface area contributed by atoms with Crippen LogP contribution in [-0.2, 0) is 0 Å². The second-order valence-electron chi connectivity index (χ2n) is 2.45. The van der Waals surface area contributed by atoms with E-state index in [1.807, 2.05) is 0 Å². The molecule has 15 heavy (non-hydrogen) atoms. The lowest BCUT2D eigenvalue weighted by atomic mass is 10.1. The highest BCUT2D eigenvalue weighted by Gasteiger charge is 2.20. The Balaban J connectivity index is 3.47. The number of halogens is 4. The summed E-state index contributed by atoms with van der Waals surface area (Å²) in [5, 5.41) is 7.08. The van der Waals surface area contributed by atoms with Crippen LogP contribution in [0.25, 0.3) is 0 Å². The number of alkyl halides is 2. The normalized spacial score (nSPS) is 10.1. The molecule has 1 heterocycles. The number of nitriles is 1. The number of carbonyl (C=O) groups is 1. The third kappa shape index (κ3) is 2.41. The fourth-order valence-electron chi connectivity index (χ4n) is 0.916. The molecule has 7 heteroatoms. The van der Waals surface area contributed by atoms with Crippen molar-refractivity contribution in [2.24, 2.45) is 0 Å². The van der Waals surface area contributed by atoms with Gasteiger partial charge in [-0.25, -0.2) is 13.8 Å². The first-order valence-corrected chi connectivity index (χ1v) is 4.31. The molecular weight excluding hydrogens is 249 g/mol. The van der Waals surface area contributed by atoms with Gasteiger partial charge in [-0.2, -0.15) is 5.26 Å². The van der Waals surface area contributed by atoms with Gasteiger partial charge >= 0.3 is 0 Å². The summed E-state index contributed by atoms with van der Waals surface area (Å²) in [6.45, 7) is 0. The smallest absolute Gasteiger partial charge is 0.270 e. The topological polar surface area (TPSA) is 53.8 Å². The molecule has 0 aliphatic heterocycles. The summed E-state index contributed by atoms with van der Waals surface area (Å²) < 4.78 is 24.9. The Kier molecular flexibility index (Phi) is 3.56. The van der Waals surface area contributed by atoms with E-state index in [4.69, 9.17) is 28.5 Å². The summed E-state index contributed by atoms with van der Waals surface area (Å²) in [5.74, 6) is 0. The van der Waals surface area contributed by atoms with E-state index in [-0.39, 0.29) is 0 Å². The SMILES string of the molecule is N#Cc1c(C(F)F)cc(C(=O)Cl)nc1Cl. The highest BCUT2D eigenvalue weighted by Crippen LogP contribution is 2.27. The Morgan fingerprint density at radius 1 is 1.60 bits per heavy atom. The predicted molar refractivity (Wildman–Crippen MR) is 49.1 cm³/mol. The van der Waals surface area contributed by atoms with Gasteiger partial charge in [-0.05, 0) is 17.7 Å². The second-order valence-corrected chi connectivity index (χ2v) is 3.15. The van der Waals surface area contributed by atoms with Crippen molar-refractivity contribution in [2.45, 2.75) is 6.43 Å². The molecule has 0 saturated heterocycles. The fourth-order valence-corrected chi connectivity index (χ4v) is 1.26. The lowest BCUT2D eigenvalue weighted by Gasteiger charge is -2.05. The summed E-state index contributed by atoms with van der Waals surface area (Å²) in [7, 11) is 0. The van der Waals surface area contributed by atoms with Gasteiger partial charge in [-0.1, -0.05) is 11.6 Å². The van der Waals surface area contributed by atoms with Gasteiger partial charge in [-0.15, -0.1) is 0 Å². The van der Waals surface area contributed by atoms with Crippen molar-refractivity contribution in [3.63, 3.8) is 0 Å². The van der Waals surface area contributed by atoms with Crippen molar-refractivity contribution in [3.05, 3.63) is 28.0 Å². The second kappa shape index (κ2) is 4.51. The first kappa shape index (κ1) is 11.8. The van der Waals surface area contributed by atoms with E-state index in [9.17, 15) is 13.6 Å². The van der Waals surface area contributed by atoms with Crippen LogP contribution in [0.3, 0.4) is 0 Å². The molecule has 78 valence electrons. The molecule has 1 aromatic rings. The molecule has 0 aromatic carbocycles. The summed E-state index contributed by atoms with van der Waals surface area (Å²) in [4.78, 5) is 14.1. The molecule has 0 bridgehead atoms. The maximum absolute atomic E-state index is 12.4. The van der Waals surface area contributed by atoms with E-state index in [1.165, 1.54) is 6.07 Å². The van der Waals surface area contributed by atoms with Gasteiger partial charge < -0.3 is 0 Å². The van der Waals surface area contributed by atoms with Crippen LogP contribution in [0.1, 0.15) is 28.0 Å². The lowest BCUT2D eigenvalue weighted by molar-refractivity contribution is 0.107. The number of hydrogen-bond donors (Lipinski definition) is 0. The average molecular weight is 251 g/mol.